The van der Waals surface area contributed by atoms with Crippen molar-refractivity contribution in [2.75, 3.05) is 39.5 Å². The third kappa shape index (κ3) is 3.61. The van der Waals surface area contributed by atoms with Crippen LogP contribution in [-0.2, 0) is 9.47 Å². The molecule has 0 aromatic rings. The highest BCUT2D eigenvalue weighted by Gasteiger charge is 2.17. The summed E-state index contributed by atoms with van der Waals surface area (Å²) in [4.78, 5) is 12.9. The molecule has 0 radical (unpaired) electrons. The van der Waals surface area contributed by atoms with E-state index in [9.17, 15) is 4.79 Å². The highest BCUT2D eigenvalue weighted by molar-refractivity contribution is 5.67. The smallest absolute Gasteiger partial charge is 0.409 e. The van der Waals surface area contributed by atoms with Crippen molar-refractivity contribution in [2.45, 2.75) is 6.42 Å². The Morgan fingerprint density at radius 3 is 2.77 bits per heavy atom. The Balaban J connectivity index is 2.13. The van der Waals surface area contributed by atoms with E-state index in [4.69, 9.17) is 15.2 Å². The molecule has 1 rings (SSSR count). The molecule has 0 unspecified atom stereocenters. The minimum absolute atomic E-state index is 0.253. The highest BCUT2D eigenvalue weighted by Crippen LogP contribution is 1.99. The zero-order valence-corrected chi connectivity index (χ0v) is 7.70. The summed E-state index contributed by atoms with van der Waals surface area (Å²) in [5, 5.41) is 0. The van der Waals surface area contributed by atoms with Gasteiger partial charge in [0.15, 0.2) is 0 Å². The van der Waals surface area contributed by atoms with Crippen LogP contribution >= 0.6 is 0 Å². The Morgan fingerprint density at radius 1 is 1.46 bits per heavy atom. The van der Waals surface area contributed by atoms with E-state index in [2.05, 4.69) is 0 Å². The van der Waals surface area contributed by atoms with Gasteiger partial charge in [0.05, 0.1) is 19.8 Å². The van der Waals surface area contributed by atoms with Crippen LogP contribution in [0.25, 0.3) is 0 Å². The number of hydrogen-bond donors (Lipinski definition) is 1. The van der Waals surface area contributed by atoms with Crippen LogP contribution in [0, 0.1) is 0 Å². The van der Waals surface area contributed by atoms with E-state index >= 15 is 0 Å². The van der Waals surface area contributed by atoms with Gasteiger partial charge in [0.2, 0.25) is 0 Å². The second-order valence-electron chi connectivity index (χ2n) is 2.86. The molecule has 13 heavy (non-hydrogen) atoms. The standard InChI is InChI=1S/C8H16N2O3/c9-2-1-5-13-8(11)10-3-6-12-7-4-10/h1-7,9H2. The van der Waals surface area contributed by atoms with E-state index in [-0.39, 0.29) is 6.09 Å². The topological polar surface area (TPSA) is 64.8 Å². The number of rotatable bonds is 3. The highest BCUT2D eigenvalue weighted by atomic mass is 16.6. The molecule has 1 aliphatic rings. The van der Waals surface area contributed by atoms with Gasteiger partial charge in [-0.1, -0.05) is 0 Å². The summed E-state index contributed by atoms with van der Waals surface area (Å²) in [5.74, 6) is 0. The van der Waals surface area contributed by atoms with Gasteiger partial charge in [0.25, 0.3) is 0 Å². The summed E-state index contributed by atoms with van der Waals surface area (Å²) in [5.41, 5.74) is 5.27. The molecule has 5 heteroatoms. The Bertz CT molecular complexity index is 157. The first-order chi connectivity index (χ1) is 6.34. The SMILES string of the molecule is NCCCOC(=O)N1CCOCC1. The van der Waals surface area contributed by atoms with Crippen molar-refractivity contribution in [1.82, 2.24) is 4.90 Å². The molecule has 5 nitrogen and oxygen atoms in total. The maximum atomic E-state index is 11.3. The zero-order chi connectivity index (χ0) is 9.52. The molecule has 1 saturated heterocycles. The van der Waals surface area contributed by atoms with Crippen LogP contribution in [0.5, 0.6) is 0 Å². The van der Waals surface area contributed by atoms with Crippen molar-refractivity contribution in [1.29, 1.82) is 0 Å². The molecule has 0 atom stereocenters. The van der Waals surface area contributed by atoms with Gasteiger partial charge in [0.1, 0.15) is 0 Å². The van der Waals surface area contributed by atoms with Crippen LogP contribution in [0.1, 0.15) is 6.42 Å². The lowest BCUT2D eigenvalue weighted by molar-refractivity contribution is 0.0271. The summed E-state index contributed by atoms with van der Waals surface area (Å²) in [6, 6.07) is 0. The zero-order valence-electron chi connectivity index (χ0n) is 7.70. The largest absolute Gasteiger partial charge is 0.449 e. The fraction of sp³-hybridized carbons (Fsp3) is 0.875. The number of hydrogen-bond acceptors (Lipinski definition) is 4. The molecular weight excluding hydrogens is 172 g/mol. The molecule has 0 saturated carbocycles. The third-order valence-corrected chi connectivity index (χ3v) is 1.84. The minimum atomic E-state index is -0.253. The first-order valence-electron chi connectivity index (χ1n) is 4.54. The van der Waals surface area contributed by atoms with Crippen LogP contribution in [0.15, 0.2) is 0 Å². The molecule has 1 aliphatic heterocycles. The number of carbonyl (C=O) groups is 1. The molecular formula is C8H16N2O3. The van der Waals surface area contributed by atoms with Gasteiger partial charge >= 0.3 is 6.09 Å². The van der Waals surface area contributed by atoms with Gasteiger partial charge in [-0.05, 0) is 13.0 Å². The number of carbonyl (C=O) groups excluding carboxylic acids is 1. The van der Waals surface area contributed by atoms with Crippen LogP contribution in [0.4, 0.5) is 4.79 Å². The van der Waals surface area contributed by atoms with Gasteiger partial charge in [0, 0.05) is 13.1 Å². The molecule has 1 amide bonds. The van der Waals surface area contributed by atoms with Crippen molar-refractivity contribution in [3.8, 4) is 0 Å². The second kappa shape index (κ2) is 5.77. The first kappa shape index (κ1) is 10.3. The van der Waals surface area contributed by atoms with E-state index in [1.165, 1.54) is 0 Å². The van der Waals surface area contributed by atoms with Crippen LogP contribution in [0.2, 0.25) is 0 Å². The predicted molar refractivity (Wildman–Crippen MR) is 47.4 cm³/mol. The van der Waals surface area contributed by atoms with Crippen molar-refractivity contribution in [3.63, 3.8) is 0 Å². The fourth-order valence-corrected chi connectivity index (χ4v) is 1.08. The third-order valence-electron chi connectivity index (χ3n) is 1.84. The van der Waals surface area contributed by atoms with E-state index in [0.29, 0.717) is 39.5 Å². The molecule has 76 valence electrons. The molecule has 0 spiro atoms. The van der Waals surface area contributed by atoms with Crippen molar-refractivity contribution >= 4 is 6.09 Å². The normalized spacial score (nSPS) is 17.2. The lowest BCUT2D eigenvalue weighted by Crippen LogP contribution is -2.41. The van der Waals surface area contributed by atoms with E-state index in [0.717, 1.165) is 6.42 Å². The van der Waals surface area contributed by atoms with Crippen LogP contribution in [0.3, 0.4) is 0 Å². The second-order valence-corrected chi connectivity index (χ2v) is 2.86. The fourth-order valence-electron chi connectivity index (χ4n) is 1.08. The molecule has 1 fully saturated rings. The molecule has 0 aromatic carbocycles. The first-order valence-corrected chi connectivity index (χ1v) is 4.54. The van der Waals surface area contributed by atoms with Gasteiger partial charge in [-0.2, -0.15) is 0 Å². The summed E-state index contributed by atoms with van der Waals surface area (Å²) in [6.45, 7) is 3.42. The van der Waals surface area contributed by atoms with Gasteiger partial charge in [-0.25, -0.2) is 4.79 Å². The minimum Gasteiger partial charge on any atom is -0.449 e. The predicted octanol–water partition coefficient (Wildman–Crippen LogP) is -0.196. The van der Waals surface area contributed by atoms with Crippen molar-refractivity contribution < 1.29 is 14.3 Å². The number of morpholine rings is 1. The quantitative estimate of drug-likeness (QED) is 0.623. The van der Waals surface area contributed by atoms with Crippen molar-refractivity contribution in [2.24, 2.45) is 5.73 Å². The molecule has 2 N–H and O–H groups in total. The van der Waals surface area contributed by atoms with Gasteiger partial charge < -0.3 is 20.1 Å². The van der Waals surface area contributed by atoms with Crippen LogP contribution < -0.4 is 5.73 Å². The van der Waals surface area contributed by atoms with Gasteiger partial charge in [-0.3, -0.25) is 0 Å². The Hall–Kier alpha value is -0.810. The Morgan fingerprint density at radius 2 is 2.15 bits per heavy atom. The molecule has 0 aromatic heterocycles. The summed E-state index contributed by atoms with van der Waals surface area (Å²) >= 11 is 0. The number of amides is 1. The monoisotopic (exact) mass is 188 g/mol. The lowest BCUT2D eigenvalue weighted by Gasteiger charge is -2.25. The maximum Gasteiger partial charge on any atom is 0.409 e. The average molecular weight is 188 g/mol. The lowest BCUT2D eigenvalue weighted by atomic mass is 10.4. The average Bonchev–Trinajstić information content (AvgIpc) is 2.19. The van der Waals surface area contributed by atoms with E-state index in [1.807, 2.05) is 0 Å². The maximum absolute atomic E-state index is 11.3. The number of nitrogens with zero attached hydrogens (tertiary/aromatic N) is 1. The summed E-state index contributed by atoms with van der Waals surface area (Å²) < 4.78 is 10.1. The summed E-state index contributed by atoms with van der Waals surface area (Å²) in [6.07, 6.45) is 0.465. The van der Waals surface area contributed by atoms with Crippen LogP contribution in [-0.4, -0.2) is 50.4 Å². The van der Waals surface area contributed by atoms with E-state index < -0.39 is 0 Å². The van der Waals surface area contributed by atoms with Gasteiger partial charge in [-0.15, -0.1) is 0 Å². The van der Waals surface area contributed by atoms with E-state index in [1.54, 1.807) is 4.90 Å². The Labute approximate surface area is 77.8 Å². The summed E-state index contributed by atoms with van der Waals surface area (Å²) in [7, 11) is 0. The number of nitrogens with two attached hydrogens (primary N) is 1. The number of ether oxygens (including phenoxy) is 2. The Kier molecular flexibility index (Phi) is 4.56. The van der Waals surface area contributed by atoms with Crippen molar-refractivity contribution in [3.05, 3.63) is 0 Å². The molecule has 0 bridgehead atoms. The molecule has 0 aliphatic carbocycles. The molecule has 1 heterocycles.